The second-order valence-corrected chi connectivity index (χ2v) is 7.75. The first-order valence-electron chi connectivity index (χ1n) is 9.63. The topological polar surface area (TPSA) is 109 Å². The van der Waals surface area contributed by atoms with Crippen LogP contribution in [0.25, 0.3) is 0 Å². The first-order chi connectivity index (χ1) is 14.0. The normalized spacial score (nSPS) is 14.7. The molecule has 9 nitrogen and oxygen atoms in total. The zero-order valence-electron chi connectivity index (χ0n) is 16.0. The van der Waals surface area contributed by atoms with Crippen LogP contribution in [0.15, 0.2) is 29.0 Å². The Kier molecular flexibility index (Phi) is 7.70. The van der Waals surface area contributed by atoms with Gasteiger partial charge in [-0.1, -0.05) is 15.9 Å². The number of pyridine rings is 1. The molecule has 0 radical (unpaired) electrons. The van der Waals surface area contributed by atoms with Crippen LogP contribution in [0.5, 0.6) is 5.88 Å². The maximum atomic E-state index is 12.5. The molecule has 0 N–H and O–H groups in total. The highest BCUT2D eigenvalue weighted by atomic mass is 79.9. The highest BCUT2D eigenvalue weighted by Gasteiger charge is 2.28. The maximum absolute atomic E-state index is 12.5. The third kappa shape index (κ3) is 6.07. The predicted octanol–water partition coefficient (Wildman–Crippen LogP) is 4.12. The Labute approximate surface area is 176 Å². The Morgan fingerprint density at radius 1 is 1.34 bits per heavy atom. The van der Waals surface area contributed by atoms with Gasteiger partial charge in [-0.05, 0) is 38.2 Å². The summed E-state index contributed by atoms with van der Waals surface area (Å²) in [5.41, 5.74) is -0.262. The molecule has 3 rings (SSSR count). The van der Waals surface area contributed by atoms with Gasteiger partial charge in [0, 0.05) is 36.4 Å². The molecule has 1 fully saturated rings. The van der Waals surface area contributed by atoms with Crippen molar-refractivity contribution in [2.24, 2.45) is 0 Å². The number of nitro groups is 1. The minimum atomic E-state index is -0.533. The Morgan fingerprint density at radius 3 is 2.86 bits per heavy atom. The molecule has 2 aromatic heterocycles. The van der Waals surface area contributed by atoms with Crippen molar-refractivity contribution in [3.05, 3.63) is 44.8 Å². The molecule has 0 bridgehead atoms. The van der Waals surface area contributed by atoms with Crippen LogP contribution in [0.1, 0.15) is 55.1 Å². The Hall–Kier alpha value is -2.33. The predicted molar refractivity (Wildman–Crippen MR) is 108 cm³/mol. The zero-order valence-corrected chi connectivity index (χ0v) is 17.5. The first kappa shape index (κ1) is 21.4. The third-order valence-electron chi connectivity index (χ3n) is 4.73. The second kappa shape index (κ2) is 10.4. The van der Waals surface area contributed by atoms with Crippen LogP contribution in [0.3, 0.4) is 0 Å². The van der Waals surface area contributed by atoms with Crippen LogP contribution < -0.4 is 4.74 Å². The van der Waals surface area contributed by atoms with Gasteiger partial charge in [-0.15, -0.1) is 0 Å². The minimum Gasteiger partial charge on any atom is -0.478 e. The van der Waals surface area contributed by atoms with Gasteiger partial charge in [0.25, 0.3) is 0 Å². The molecule has 3 heterocycles. The fraction of sp³-hybridized carbons (Fsp3) is 0.526. The van der Waals surface area contributed by atoms with Gasteiger partial charge in [-0.25, -0.2) is 4.98 Å². The molecule has 0 amide bonds. The van der Waals surface area contributed by atoms with E-state index in [0.717, 1.165) is 30.2 Å². The van der Waals surface area contributed by atoms with Gasteiger partial charge in [0.1, 0.15) is 6.20 Å². The summed E-state index contributed by atoms with van der Waals surface area (Å²) in [5, 5.41) is 15.6. The number of ketones is 1. The number of hydrogen-bond donors (Lipinski definition) is 0. The number of nitrogens with zero attached hydrogens (tertiary/aromatic N) is 4. The van der Waals surface area contributed by atoms with Gasteiger partial charge in [-0.3, -0.25) is 19.6 Å². The van der Waals surface area contributed by atoms with Crippen molar-refractivity contribution < 1.29 is 19.2 Å². The van der Waals surface area contributed by atoms with Crippen molar-refractivity contribution in [2.75, 3.05) is 19.8 Å². The standard InChI is InChI=1S/C19H23BrN4O5/c20-14-5-8-21-18(12-14)29-9-3-1-2-4-17(25)19-16(24(26)27)13-23(22-19)15-6-10-28-11-7-15/h5,8,12-13,15H,1-4,6-7,9-11H2. The van der Waals surface area contributed by atoms with Crippen molar-refractivity contribution in [1.29, 1.82) is 0 Å². The number of ether oxygens (including phenoxy) is 2. The van der Waals surface area contributed by atoms with Gasteiger partial charge in [0.15, 0.2) is 5.78 Å². The lowest BCUT2D eigenvalue weighted by Crippen LogP contribution is -2.20. The fourth-order valence-corrected chi connectivity index (χ4v) is 3.49. The molecule has 0 aliphatic carbocycles. The molecule has 156 valence electrons. The summed E-state index contributed by atoms with van der Waals surface area (Å²) in [5.74, 6) is 0.252. The summed E-state index contributed by atoms with van der Waals surface area (Å²) in [6, 6.07) is 3.64. The van der Waals surface area contributed by atoms with E-state index in [4.69, 9.17) is 9.47 Å². The number of aromatic nitrogens is 3. The lowest BCUT2D eigenvalue weighted by Gasteiger charge is -2.21. The lowest BCUT2D eigenvalue weighted by atomic mass is 10.1. The number of hydrogen-bond acceptors (Lipinski definition) is 7. The van der Waals surface area contributed by atoms with E-state index in [-0.39, 0.29) is 29.6 Å². The van der Waals surface area contributed by atoms with E-state index in [1.165, 1.54) is 6.20 Å². The van der Waals surface area contributed by atoms with Crippen molar-refractivity contribution in [2.45, 2.75) is 44.6 Å². The van der Waals surface area contributed by atoms with Crippen molar-refractivity contribution >= 4 is 27.4 Å². The monoisotopic (exact) mass is 466 g/mol. The Bertz CT molecular complexity index is 851. The molecule has 1 saturated heterocycles. The molecule has 0 saturated carbocycles. The zero-order chi connectivity index (χ0) is 20.6. The highest BCUT2D eigenvalue weighted by molar-refractivity contribution is 9.10. The molecule has 0 aromatic carbocycles. The van der Waals surface area contributed by atoms with Crippen molar-refractivity contribution in [1.82, 2.24) is 14.8 Å². The van der Waals surface area contributed by atoms with E-state index in [1.54, 1.807) is 16.9 Å². The summed E-state index contributed by atoms with van der Waals surface area (Å²) < 4.78 is 13.3. The summed E-state index contributed by atoms with van der Waals surface area (Å²) in [7, 11) is 0. The minimum absolute atomic E-state index is 0.0350. The van der Waals surface area contributed by atoms with Crippen molar-refractivity contribution in [3.8, 4) is 5.88 Å². The molecule has 10 heteroatoms. The highest BCUT2D eigenvalue weighted by Crippen LogP contribution is 2.26. The summed E-state index contributed by atoms with van der Waals surface area (Å²) >= 11 is 3.36. The summed E-state index contributed by atoms with van der Waals surface area (Å²) in [4.78, 5) is 27.4. The molecule has 29 heavy (non-hydrogen) atoms. The Morgan fingerprint density at radius 2 is 2.14 bits per heavy atom. The first-order valence-corrected chi connectivity index (χ1v) is 10.4. The largest absolute Gasteiger partial charge is 0.478 e. The maximum Gasteiger partial charge on any atom is 0.318 e. The summed E-state index contributed by atoms with van der Waals surface area (Å²) in [6.45, 7) is 1.69. The van der Waals surface area contributed by atoms with Gasteiger partial charge in [0.05, 0.1) is 17.6 Å². The van der Waals surface area contributed by atoms with Gasteiger partial charge >= 0.3 is 5.69 Å². The Balaban J connectivity index is 1.47. The van der Waals surface area contributed by atoms with Crippen LogP contribution >= 0.6 is 15.9 Å². The van der Waals surface area contributed by atoms with Crippen LogP contribution in [-0.2, 0) is 4.74 Å². The van der Waals surface area contributed by atoms with Crippen LogP contribution in [0.2, 0.25) is 0 Å². The molecule has 0 spiro atoms. The molecular weight excluding hydrogens is 444 g/mol. The van der Waals surface area contributed by atoms with Crippen LogP contribution in [0, 0.1) is 10.1 Å². The SMILES string of the molecule is O=C(CCCCCOc1cc(Br)ccn1)c1nn(C2CCOCC2)cc1[N+](=O)[O-]. The van der Waals surface area contributed by atoms with E-state index >= 15 is 0 Å². The molecule has 1 aliphatic heterocycles. The van der Waals surface area contributed by atoms with E-state index in [0.29, 0.717) is 32.1 Å². The van der Waals surface area contributed by atoms with Gasteiger partial charge in [0.2, 0.25) is 11.6 Å². The average Bonchev–Trinajstić information content (AvgIpc) is 3.17. The molecule has 2 aromatic rings. The fourth-order valence-electron chi connectivity index (χ4n) is 3.17. The molecular formula is C19H23BrN4O5. The molecule has 0 unspecified atom stereocenters. The van der Waals surface area contributed by atoms with Gasteiger partial charge in [-0.2, -0.15) is 5.10 Å². The van der Waals surface area contributed by atoms with Crippen LogP contribution in [-0.4, -0.2) is 45.3 Å². The molecule has 0 atom stereocenters. The van der Waals surface area contributed by atoms with E-state index in [9.17, 15) is 14.9 Å². The number of carbonyl (C=O) groups is 1. The quantitative estimate of drug-likeness (QED) is 0.224. The van der Waals surface area contributed by atoms with Gasteiger partial charge < -0.3 is 9.47 Å². The van der Waals surface area contributed by atoms with Crippen molar-refractivity contribution in [3.63, 3.8) is 0 Å². The smallest absolute Gasteiger partial charge is 0.318 e. The molecule has 1 aliphatic rings. The van der Waals surface area contributed by atoms with Crippen LogP contribution in [0.4, 0.5) is 5.69 Å². The third-order valence-corrected chi connectivity index (χ3v) is 5.23. The average molecular weight is 467 g/mol. The van der Waals surface area contributed by atoms with E-state index < -0.39 is 4.92 Å². The number of halogens is 1. The van der Waals surface area contributed by atoms with E-state index in [2.05, 4.69) is 26.0 Å². The second-order valence-electron chi connectivity index (χ2n) is 6.84. The summed E-state index contributed by atoms with van der Waals surface area (Å²) in [6.07, 6.45) is 6.88. The van der Waals surface area contributed by atoms with E-state index in [1.807, 2.05) is 6.07 Å². The lowest BCUT2D eigenvalue weighted by molar-refractivity contribution is -0.385. The number of Topliss-reactive ketones (excluding diaryl/α,β-unsaturated/α-hetero) is 1. The number of carbonyl (C=O) groups excluding carboxylic acids is 1. The number of unbranched alkanes of at least 4 members (excludes halogenated alkanes) is 2. The number of rotatable bonds is 10.